The average molecular weight is 267 g/mol. The number of aromatic nitrogens is 1. The quantitative estimate of drug-likeness (QED) is 0.803. The summed E-state index contributed by atoms with van der Waals surface area (Å²) in [6.45, 7) is 8.18. The Hall–Kier alpha value is -0.450. The van der Waals surface area contributed by atoms with Crippen LogP contribution in [-0.2, 0) is 0 Å². The molecule has 1 aromatic rings. The molecule has 4 heteroatoms. The van der Waals surface area contributed by atoms with E-state index in [9.17, 15) is 0 Å². The molecule has 0 amide bonds. The van der Waals surface area contributed by atoms with Crippen molar-refractivity contribution in [3.8, 4) is 0 Å². The molecule has 18 heavy (non-hydrogen) atoms. The van der Waals surface area contributed by atoms with E-state index in [4.69, 9.17) is 0 Å². The molecule has 0 spiro atoms. The van der Waals surface area contributed by atoms with Crippen LogP contribution < -0.4 is 5.32 Å². The molecule has 0 saturated carbocycles. The van der Waals surface area contributed by atoms with Gasteiger partial charge in [-0.2, -0.15) is 0 Å². The van der Waals surface area contributed by atoms with Gasteiger partial charge < -0.3 is 10.2 Å². The first kappa shape index (κ1) is 14.0. The van der Waals surface area contributed by atoms with Gasteiger partial charge in [0.05, 0.1) is 6.04 Å². The van der Waals surface area contributed by atoms with Crippen molar-refractivity contribution in [2.45, 2.75) is 51.6 Å². The molecule has 0 radical (unpaired) electrons. The second kappa shape index (κ2) is 7.22. The van der Waals surface area contributed by atoms with Gasteiger partial charge in [-0.15, -0.1) is 11.3 Å². The van der Waals surface area contributed by atoms with E-state index in [1.165, 1.54) is 43.8 Å². The topological polar surface area (TPSA) is 28.2 Å². The highest BCUT2D eigenvalue weighted by Gasteiger charge is 2.17. The minimum atomic E-state index is 0.392. The zero-order valence-corrected chi connectivity index (χ0v) is 12.4. The summed E-state index contributed by atoms with van der Waals surface area (Å²) in [5.41, 5.74) is 0. The van der Waals surface area contributed by atoms with Crippen molar-refractivity contribution in [3.05, 3.63) is 16.6 Å². The summed E-state index contributed by atoms with van der Waals surface area (Å²) in [6.07, 6.45) is 7.29. The van der Waals surface area contributed by atoms with Crippen molar-refractivity contribution in [1.82, 2.24) is 15.2 Å². The highest BCUT2D eigenvalue weighted by molar-refractivity contribution is 7.09. The van der Waals surface area contributed by atoms with Gasteiger partial charge in [-0.1, -0.05) is 6.42 Å². The van der Waals surface area contributed by atoms with Gasteiger partial charge in [0, 0.05) is 17.6 Å². The monoisotopic (exact) mass is 267 g/mol. The van der Waals surface area contributed by atoms with E-state index in [-0.39, 0.29) is 0 Å². The molecule has 2 rings (SSSR count). The standard InChI is InChI=1S/C14H25N3S/c1-12-6-3-4-9-17(12)10-5-7-15-13(2)14-16-8-11-18-14/h8,11-13,15H,3-7,9-10H2,1-2H3. The number of thiazole rings is 1. The smallest absolute Gasteiger partial charge is 0.109 e. The van der Waals surface area contributed by atoms with Crippen LogP contribution in [0, 0.1) is 0 Å². The summed E-state index contributed by atoms with van der Waals surface area (Å²) in [5.74, 6) is 0. The van der Waals surface area contributed by atoms with Crippen molar-refractivity contribution >= 4 is 11.3 Å². The second-order valence-electron chi connectivity index (χ2n) is 5.28. The van der Waals surface area contributed by atoms with E-state index >= 15 is 0 Å². The Labute approximate surface area is 115 Å². The molecule has 2 atom stereocenters. The van der Waals surface area contributed by atoms with Crippen LogP contribution in [0.5, 0.6) is 0 Å². The zero-order chi connectivity index (χ0) is 12.8. The Morgan fingerprint density at radius 1 is 1.56 bits per heavy atom. The summed E-state index contributed by atoms with van der Waals surface area (Å²) in [4.78, 5) is 6.98. The van der Waals surface area contributed by atoms with Gasteiger partial charge in [0.1, 0.15) is 5.01 Å². The third-order valence-corrected chi connectivity index (χ3v) is 4.79. The minimum absolute atomic E-state index is 0.392. The normalized spacial score (nSPS) is 23.1. The molecule has 1 N–H and O–H groups in total. The first-order chi connectivity index (χ1) is 8.77. The highest BCUT2D eigenvalue weighted by atomic mass is 32.1. The SMILES string of the molecule is CC(NCCCN1CCCCC1C)c1nccs1. The van der Waals surface area contributed by atoms with Crippen LogP contribution in [-0.4, -0.2) is 35.6 Å². The number of hydrogen-bond acceptors (Lipinski definition) is 4. The average Bonchev–Trinajstić information content (AvgIpc) is 2.90. The summed E-state index contributed by atoms with van der Waals surface area (Å²) in [7, 11) is 0. The van der Waals surface area contributed by atoms with Crippen LogP contribution in [0.15, 0.2) is 11.6 Å². The van der Waals surface area contributed by atoms with Gasteiger partial charge in [-0.05, 0) is 52.7 Å². The van der Waals surface area contributed by atoms with Crippen LogP contribution in [0.4, 0.5) is 0 Å². The van der Waals surface area contributed by atoms with Gasteiger partial charge >= 0.3 is 0 Å². The Bertz CT molecular complexity index is 326. The minimum Gasteiger partial charge on any atom is -0.308 e. The maximum absolute atomic E-state index is 4.34. The van der Waals surface area contributed by atoms with Crippen molar-refractivity contribution in [1.29, 1.82) is 0 Å². The Kier molecular flexibility index (Phi) is 5.60. The van der Waals surface area contributed by atoms with Crippen LogP contribution in [0.3, 0.4) is 0 Å². The van der Waals surface area contributed by atoms with Gasteiger partial charge in [0.2, 0.25) is 0 Å². The summed E-state index contributed by atoms with van der Waals surface area (Å²) < 4.78 is 0. The number of hydrogen-bond donors (Lipinski definition) is 1. The largest absolute Gasteiger partial charge is 0.308 e. The maximum atomic E-state index is 4.34. The highest BCUT2D eigenvalue weighted by Crippen LogP contribution is 2.17. The molecule has 3 nitrogen and oxygen atoms in total. The van der Waals surface area contributed by atoms with E-state index in [0.717, 1.165) is 12.6 Å². The molecule has 1 aromatic heterocycles. The fourth-order valence-electron chi connectivity index (χ4n) is 2.63. The number of rotatable bonds is 6. The molecular formula is C14H25N3S. The number of piperidine rings is 1. The zero-order valence-electron chi connectivity index (χ0n) is 11.6. The molecule has 0 aliphatic carbocycles. The van der Waals surface area contributed by atoms with Gasteiger partial charge in [0.25, 0.3) is 0 Å². The lowest BCUT2D eigenvalue weighted by Gasteiger charge is -2.33. The van der Waals surface area contributed by atoms with E-state index in [1.807, 2.05) is 11.6 Å². The lowest BCUT2D eigenvalue weighted by atomic mass is 10.0. The lowest BCUT2D eigenvalue weighted by Crippen LogP contribution is -2.39. The molecule has 1 fully saturated rings. The van der Waals surface area contributed by atoms with E-state index < -0.39 is 0 Å². The molecular weight excluding hydrogens is 242 g/mol. The summed E-state index contributed by atoms with van der Waals surface area (Å²) in [5, 5.41) is 6.80. The van der Waals surface area contributed by atoms with E-state index in [1.54, 1.807) is 11.3 Å². The van der Waals surface area contributed by atoms with Gasteiger partial charge in [-0.3, -0.25) is 0 Å². The third kappa shape index (κ3) is 4.04. The molecule has 1 aliphatic heterocycles. The van der Waals surface area contributed by atoms with Crippen LogP contribution >= 0.6 is 11.3 Å². The number of nitrogens with zero attached hydrogens (tertiary/aromatic N) is 2. The first-order valence-electron chi connectivity index (χ1n) is 7.14. The fraction of sp³-hybridized carbons (Fsp3) is 0.786. The van der Waals surface area contributed by atoms with Crippen LogP contribution in [0.25, 0.3) is 0 Å². The van der Waals surface area contributed by atoms with Crippen LogP contribution in [0.1, 0.15) is 50.6 Å². The third-order valence-electron chi connectivity index (χ3n) is 3.84. The van der Waals surface area contributed by atoms with Crippen LogP contribution in [0.2, 0.25) is 0 Å². The Balaban J connectivity index is 1.61. The lowest BCUT2D eigenvalue weighted by molar-refractivity contribution is 0.158. The van der Waals surface area contributed by atoms with Crippen molar-refractivity contribution in [2.75, 3.05) is 19.6 Å². The number of likely N-dealkylation sites (tertiary alicyclic amines) is 1. The first-order valence-corrected chi connectivity index (χ1v) is 8.02. The Morgan fingerprint density at radius 3 is 3.17 bits per heavy atom. The van der Waals surface area contributed by atoms with E-state index in [2.05, 4.69) is 29.0 Å². The number of nitrogens with one attached hydrogen (secondary N) is 1. The molecule has 102 valence electrons. The van der Waals surface area contributed by atoms with Crippen molar-refractivity contribution in [3.63, 3.8) is 0 Å². The van der Waals surface area contributed by atoms with Crippen molar-refractivity contribution < 1.29 is 0 Å². The second-order valence-corrected chi connectivity index (χ2v) is 6.21. The molecule has 2 heterocycles. The molecule has 0 bridgehead atoms. The molecule has 2 unspecified atom stereocenters. The summed E-state index contributed by atoms with van der Waals surface area (Å²) >= 11 is 1.73. The van der Waals surface area contributed by atoms with Gasteiger partial charge in [0.15, 0.2) is 0 Å². The predicted molar refractivity (Wildman–Crippen MR) is 78.0 cm³/mol. The molecule has 1 saturated heterocycles. The predicted octanol–water partition coefficient (Wildman–Crippen LogP) is 3.06. The van der Waals surface area contributed by atoms with E-state index in [0.29, 0.717) is 6.04 Å². The maximum Gasteiger partial charge on any atom is 0.109 e. The van der Waals surface area contributed by atoms with Crippen molar-refractivity contribution in [2.24, 2.45) is 0 Å². The molecule has 0 aromatic carbocycles. The Morgan fingerprint density at radius 2 is 2.44 bits per heavy atom. The molecule has 1 aliphatic rings. The summed E-state index contributed by atoms with van der Waals surface area (Å²) in [6, 6.07) is 1.18. The fourth-order valence-corrected chi connectivity index (χ4v) is 3.30. The van der Waals surface area contributed by atoms with Gasteiger partial charge in [-0.25, -0.2) is 4.98 Å².